The summed E-state index contributed by atoms with van der Waals surface area (Å²) in [5, 5.41) is 2.91. The summed E-state index contributed by atoms with van der Waals surface area (Å²) in [5.41, 5.74) is 0. The number of hydrogen-bond donors (Lipinski definition) is 1. The summed E-state index contributed by atoms with van der Waals surface area (Å²) in [6.07, 6.45) is 0. The molecule has 0 atom stereocenters. The molecule has 0 spiro atoms. The van der Waals surface area contributed by atoms with E-state index in [1.807, 2.05) is 13.8 Å². The number of carbonyl (C=O) groups excluding carboxylic acids is 1. The first-order valence-corrected chi connectivity index (χ1v) is 7.19. The first-order valence-electron chi connectivity index (χ1n) is 5.37. The number of amides is 1. The highest BCUT2D eigenvalue weighted by molar-refractivity contribution is 7.92. The van der Waals surface area contributed by atoms with E-state index in [4.69, 9.17) is 0 Å². The smallest absolute Gasteiger partial charge is 0.237 e. The monoisotopic (exact) mass is 250 g/mol. The van der Waals surface area contributed by atoms with E-state index in [9.17, 15) is 13.2 Å². The first kappa shape index (κ1) is 15.4. The van der Waals surface area contributed by atoms with Gasteiger partial charge in [0.1, 0.15) is 5.75 Å². The SMILES string of the molecule is CNCCN(C)C(=O)CS(=O)(=O)CC(C)C. The van der Waals surface area contributed by atoms with Crippen LogP contribution in [0.25, 0.3) is 0 Å². The van der Waals surface area contributed by atoms with E-state index in [0.29, 0.717) is 13.1 Å². The fourth-order valence-electron chi connectivity index (χ4n) is 1.27. The predicted octanol–water partition coefficient (Wildman–Crippen LogP) is -0.265. The third-order valence-corrected chi connectivity index (χ3v) is 3.91. The summed E-state index contributed by atoms with van der Waals surface area (Å²) >= 11 is 0. The van der Waals surface area contributed by atoms with Crippen molar-refractivity contribution in [3.8, 4) is 0 Å². The lowest BCUT2D eigenvalue weighted by Gasteiger charge is -2.17. The van der Waals surface area contributed by atoms with Gasteiger partial charge in [-0.1, -0.05) is 13.8 Å². The van der Waals surface area contributed by atoms with Crippen molar-refractivity contribution in [1.82, 2.24) is 10.2 Å². The van der Waals surface area contributed by atoms with Gasteiger partial charge in [0.2, 0.25) is 5.91 Å². The summed E-state index contributed by atoms with van der Waals surface area (Å²) in [7, 11) is 0.139. The van der Waals surface area contributed by atoms with Gasteiger partial charge >= 0.3 is 0 Å². The molecule has 0 bridgehead atoms. The maximum absolute atomic E-state index is 11.6. The van der Waals surface area contributed by atoms with Crippen molar-refractivity contribution in [1.29, 1.82) is 0 Å². The minimum absolute atomic E-state index is 0.0559. The molecule has 0 aromatic rings. The molecule has 0 fully saturated rings. The van der Waals surface area contributed by atoms with Crippen molar-refractivity contribution in [3.63, 3.8) is 0 Å². The zero-order chi connectivity index (χ0) is 12.8. The van der Waals surface area contributed by atoms with Gasteiger partial charge in [-0.3, -0.25) is 4.79 Å². The van der Waals surface area contributed by atoms with E-state index in [0.717, 1.165) is 0 Å². The summed E-state index contributed by atoms with van der Waals surface area (Å²) in [4.78, 5) is 13.0. The van der Waals surface area contributed by atoms with Crippen LogP contribution in [0.15, 0.2) is 0 Å². The number of rotatable bonds is 7. The zero-order valence-corrected chi connectivity index (χ0v) is 11.3. The second kappa shape index (κ2) is 6.85. The third kappa shape index (κ3) is 6.79. The van der Waals surface area contributed by atoms with Crippen molar-refractivity contribution in [3.05, 3.63) is 0 Å². The van der Waals surface area contributed by atoms with Crippen molar-refractivity contribution in [2.24, 2.45) is 5.92 Å². The molecule has 5 nitrogen and oxygen atoms in total. The predicted molar refractivity (Wildman–Crippen MR) is 65.1 cm³/mol. The van der Waals surface area contributed by atoms with Crippen LogP contribution in [-0.4, -0.2) is 57.9 Å². The van der Waals surface area contributed by atoms with Gasteiger partial charge in [-0.25, -0.2) is 8.42 Å². The number of sulfone groups is 1. The molecule has 6 heteroatoms. The number of likely N-dealkylation sites (N-methyl/N-ethyl adjacent to an activating group) is 2. The Bertz CT molecular complexity index is 312. The van der Waals surface area contributed by atoms with E-state index in [-0.39, 0.29) is 23.3 Å². The lowest BCUT2D eigenvalue weighted by atomic mass is 10.3. The summed E-state index contributed by atoms with van der Waals surface area (Å²) < 4.78 is 23.1. The van der Waals surface area contributed by atoms with Crippen LogP contribution >= 0.6 is 0 Å². The van der Waals surface area contributed by atoms with E-state index in [2.05, 4.69) is 5.32 Å². The molecule has 16 heavy (non-hydrogen) atoms. The highest BCUT2D eigenvalue weighted by atomic mass is 32.2. The standard InChI is InChI=1S/C10H22N2O3S/c1-9(2)7-16(14,15)8-10(13)12(4)6-5-11-3/h9,11H,5-8H2,1-4H3. The van der Waals surface area contributed by atoms with Gasteiger partial charge in [0.25, 0.3) is 0 Å². The van der Waals surface area contributed by atoms with Crippen LogP contribution in [-0.2, 0) is 14.6 Å². The van der Waals surface area contributed by atoms with Gasteiger partial charge in [0.05, 0.1) is 5.75 Å². The van der Waals surface area contributed by atoms with Gasteiger partial charge in [0.15, 0.2) is 9.84 Å². The Kier molecular flexibility index (Phi) is 6.59. The lowest BCUT2D eigenvalue weighted by Crippen LogP contribution is -2.37. The molecule has 0 aliphatic carbocycles. The molecule has 0 unspecified atom stereocenters. The summed E-state index contributed by atoms with van der Waals surface area (Å²) in [5.74, 6) is -0.597. The highest BCUT2D eigenvalue weighted by Gasteiger charge is 2.20. The Morgan fingerprint density at radius 1 is 1.38 bits per heavy atom. The Morgan fingerprint density at radius 2 is 1.94 bits per heavy atom. The number of nitrogens with one attached hydrogen (secondary N) is 1. The van der Waals surface area contributed by atoms with Crippen LogP contribution in [0.5, 0.6) is 0 Å². The van der Waals surface area contributed by atoms with E-state index >= 15 is 0 Å². The molecule has 0 aromatic carbocycles. The van der Waals surface area contributed by atoms with Gasteiger partial charge in [-0.2, -0.15) is 0 Å². The molecular formula is C10H22N2O3S. The normalized spacial score (nSPS) is 11.8. The molecule has 1 amide bonds. The largest absolute Gasteiger partial charge is 0.344 e. The molecule has 96 valence electrons. The van der Waals surface area contributed by atoms with Gasteiger partial charge < -0.3 is 10.2 Å². The van der Waals surface area contributed by atoms with Crippen molar-refractivity contribution >= 4 is 15.7 Å². The molecule has 0 aliphatic heterocycles. The van der Waals surface area contributed by atoms with Crippen LogP contribution < -0.4 is 5.32 Å². The van der Waals surface area contributed by atoms with Crippen LogP contribution in [0.2, 0.25) is 0 Å². The van der Waals surface area contributed by atoms with Crippen LogP contribution in [0.3, 0.4) is 0 Å². The van der Waals surface area contributed by atoms with Gasteiger partial charge in [0, 0.05) is 20.1 Å². The second-order valence-corrected chi connectivity index (χ2v) is 6.48. The minimum Gasteiger partial charge on any atom is -0.344 e. The minimum atomic E-state index is -3.26. The number of nitrogens with zero attached hydrogens (tertiary/aromatic N) is 1. The van der Waals surface area contributed by atoms with E-state index in [1.54, 1.807) is 14.1 Å². The van der Waals surface area contributed by atoms with Gasteiger partial charge in [-0.15, -0.1) is 0 Å². The Balaban J connectivity index is 4.22. The molecule has 0 rings (SSSR count). The fourth-order valence-corrected chi connectivity index (χ4v) is 3.00. The van der Waals surface area contributed by atoms with Crippen LogP contribution in [0.1, 0.15) is 13.8 Å². The Hall–Kier alpha value is -0.620. The molecule has 0 saturated heterocycles. The van der Waals surface area contributed by atoms with E-state index < -0.39 is 9.84 Å². The lowest BCUT2D eigenvalue weighted by molar-refractivity contribution is -0.127. The third-order valence-electron chi connectivity index (χ3n) is 2.05. The van der Waals surface area contributed by atoms with Crippen molar-refractivity contribution in [2.45, 2.75) is 13.8 Å². The molecule has 0 radical (unpaired) electrons. The van der Waals surface area contributed by atoms with E-state index in [1.165, 1.54) is 4.90 Å². The maximum atomic E-state index is 11.6. The Labute approximate surface area is 98.1 Å². The van der Waals surface area contributed by atoms with Gasteiger partial charge in [-0.05, 0) is 13.0 Å². The first-order chi connectivity index (χ1) is 7.28. The molecular weight excluding hydrogens is 228 g/mol. The quantitative estimate of drug-likeness (QED) is 0.676. The highest BCUT2D eigenvalue weighted by Crippen LogP contribution is 2.01. The molecule has 0 aliphatic rings. The molecule has 0 aromatic heterocycles. The average Bonchev–Trinajstić information content (AvgIpc) is 2.10. The number of hydrogen-bond acceptors (Lipinski definition) is 4. The zero-order valence-electron chi connectivity index (χ0n) is 10.5. The maximum Gasteiger partial charge on any atom is 0.237 e. The van der Waals surface area contributed by atoms with Crippen LogP contribution in [0.4, 0.5) is 0 Å². The molecule has 0 heterocycles. The second-order valence-electron chi connectivity index (χ2n) is 4.37. The topological polar surface area (TPSA) is 66.5 Å². The molecule has 1 N–H and O–H groups in total. The van der Waals surface area contributed by atoms with Crippen molar-refractivity contribution < 1.29 is 13.2 Å². The van der Waals surface area contributed by atoms with Crippen molar-refractivity contribution in [2.75, 3.05) is 38.7 Å². The summed E-state index contributed by atoms with van der Waals surface area (Å²) in [6.45, 7) is 4.83. The Morgan fingerprint density at radius 3 is 2.38 bits per heavy atom. The fraction of sp³-hybridized carbons (Fsp3) is 0.900. The molecule has 0 saturated carbocycles. The van der Waals surface area contributed by atoms with Crippen LogP contribution in [0, 0.1) is 5.92 Å². The average molecular weight is 250 g/mol. The summed E-state index contributed by atoms with van der Waals surface area (Å²) in [6, 6.07) is 0. The number of carbonyl (C=O) groups is 1.